The van der Waals surface area contributed by atoms with Crippen LogP contribution in [0.5, 0.6) is 0 Å². The van der Waals surface area contributed by atoms with Crippen LogP contribution in [0.2, 0.25) is 0 Å². The van der Waals surface area contributed by atoms with Gasteiger partial charge in [-0.05, 0) is 24.4 Å². The minimum absolute atomic E-state index is 0.146. The number of aromatic nitrogens is 1. The number of benzene rings is 1. The molecule has 26 heavy (non-hydrogen) atoms. The summed E-state index contributed by atoms with van der Waals surface area (Å²) in [5.41, 5.74) is 3.25. The monoisotopic (exact) mass is 371 g/mol. The fourth-order valence-corrected chi connectivity index (χ4v) is 3.81. The third kappa shape index (κ3) is 3.72. The molecular formula is C19H21N3O3S. The summed E-state index contributed by atoms with van der Waals surface area (Å²) in [6.45, 7) is 2.24. The third-order valence-corrected chi connectivity index (χ3v) is 4.97. The summed E-state index contributed by atoms with van der Waals surface area (Å²) in [4.78, 5) is 24.5. The van der Waals surface area contributed by atoms with Gasteiger partial charge >= 0.3 is 12.0 Å². The zero-order valence-electron chi connectivity index (χ0n) is 14.7. The predicted octanol–water partition coefficient (Wildman–Crippen LogP) is 3.27. The van der Waals surface area contributed by atoms with Crippen molar-refractivity contribution in [2.24, 2.45) is 7.05 Å². The van der Waals surface area contributed by atoms with E-state index in [9.17, 15) is 9.59 Å². The van der Waals surface area contributed by atoms with E-state index in [-0.39, 0.29) is 6.54 Å². The maximum absolute atomic E-state index is 12.0. The Labute approximate surface area is 155 Å². The maximum Gasteiger partial charge on any atom is 0.325 e. The van der Waals surface area contributed by atoms with E-state index in [0.717, 1.165) is 27.0 Å². The first-order valence-corrected chi connectivity index (χ1v) is 9.27. The minimum atomic E-state index is -0.452. The number of aryl methyl sites for hydroxylation is 1. The smallest absolute Gasteiger partial charge is 0.325 e. The van der Waals surface area contributed by atoms with Crippen molar-refractivity contribution in [3.8, 4) is 10.6 Å². The molecule has 0 spiro atoms. The van der Waals surface area contributed by atoms with Crippen LogP contribution in [0.15, 0.2) is 41.8 Å². The molecule has 1 aromatic carbocycles. The number of esters is 1. The molecule has 7 heteroatoms. The van der Waals surface area contributed by atoms with E-state index in [1.54, 1.807) is 18.3 Å². The number of fused-ring (bicyclic) bond motifs is 1. The van der Waals surface area contributed by atoms with Gasteiger partial charge in [0.15, 0.2) is 0 Å². The Morgan fingerprint density at radius 3 is 2.69 bits per heavy atom. The Kier molecular flexibility index (Phi) is 5.58. The molecule has 3 aromatic rings. The number of carbonyl (C=O) groups excluding carboxylic acids is 2. The lowest BCUT2D eigenvalue weighted by molar-refractivity contribution is -0.141. The van der Waals surface area contributed by atoms with Crippen LogP contribution in [-0.2, 0) is 23.1 Å². The molecule has 0 fully saturated rings. The normalized spacial score (nSPS) is 10.7. The van der Waals surface area contributed by atoms with Gasteiger partial charge in [0, 0.05) is 30.1 Å². The Hall–Kier alpha value is -2.80. The van der Waals surface area contributed by atoms with Crippen LogP contribution >= 0.6 is 11.3 Å². The van der Waals surface area contributed by atoms with E-state index in [1.807, 2.05) is 30.6 Å². The summed E-state index contributed by atoms with van der Waals surface area (Å²) in [5, 5.41) is 8.49. The maximum atomic E-state index is 12.0. The van der Waals surface area contributed by atoms with E-state index in [0.29, 0.717) is 13.2 Å². The molecule has 0 aliphatic heterocycles. The third-order valence-electron chi connectivity index (χ3n) is 4.09. The predicted molar refractivity (Wildman–Crippen MR) is 103 cm³/mol. The number of hydrogen-bond acceptors (Lipinski definition) is 4. The summed E-state index contributed by atoms with van der Waals surface area (Å²) < 4.78 is 6.95. The van der Waals surface area contributed by atoms with Crippen LogP contribution in [0, 0.1) is 0 Å². The molecule has 0 bridgehead atoms. The summed E-state index contributed by atoms with van der Waals surface area (Å²) >= 11 is 1.66. The van der Waals surface area contributed by atoms with Crippen molar-refractivity contribution in [3.63, 3.8) is 0 Å². The molecule has 2 heterocycles. The van der Waals surface area contributed by atoms with E-state index >= 15 is 0 Å². The highest BCUT2D eigenvalue weighted by molar-refractivity contribution is 7.13. The molecule has 3 rings (SSSR count). The van der Waals surface area contributed by atoms with Crippen LogP contribution in [0.4, 0.5) is 4.79 Å². The number of ether oxygens (including phenoxy) is 1. The van der Waals surface area contributed by atoms with Crippen molar-refractivity contribution in [2.75, 3.05) is 13.2 Å². The molecule has 0 saturated heterocycles. The van der Waals surface area contributed by atoms with Crippen LogP contribution < -0.4 is 10.6 Å². The molecular weight excluding hydrogens is 350 g/mol. The first-order valence-electron chi connectivity index (χ1n) is 8.39. The van der Waals surface area contributed by atoms with Gasteiger partial charge in [0.25, 0.3) is 0 Å². The molecule has 0 saturated carbocycles. The second-order valence-corrected chi connectivity index (χ2v) is 6.67. The van der Waals surface area contributed by atoms with Gasteiger partial charge in [-0.3, -0.25) is 4.79 Å². The lowest BCUT2D eigenvalue weighted by atomic mass is 10.1. The van der Waals surface area contributed by atoms with Crippen LogP contribution in [0.25, 0.3) is 21.5 Å². The lowest BCUT2D eigenvalue weighted by Gasteiger charge is -2.09. The average molecular weight is 371 g/mol. The highest BCUT2D eigenvalue weighted by atomic mass is 32.1. The number of rotatable bonds is 6. The summed E-state index contributed by atoms with van der Waals surface area (Å²) in [5.74, 6) is -0.452. The molecule has 0 aliphatic carbocycles. The SMILES string of the molecule is CCOC(=O)CNC(=O)NCc1c(-c2cccs2)n(C)c2ccccc12. The van der Waals surface area contributed by atoms with Gasteiger partial charge in [-0.25, -0.2) is 4.79 Å². The number of para-hydroxylation sites is 1. The zero-order valence-corrected chi connectivity index (χ0v) is 15.6. The first kappa shape index (κ1) is 18.0. The number of urea groups is 1. The Morgan fingerprint density at radius 2 is 1.96 bits per heavy atom. The second-order valence-electron chi connectivity index (χ2n) is 5.72. The average Bonchev–Trinajstić information content (AvgIpc) is 3.25. The number of amides is 2. The topological polar surface area (TPSA) is 72.4 Å². The minimum Gasteiger partial charge on any atom is -0.465 e. The van der Waals surface area contributed by atoms with E-state index in [4.69, 9.17) is 4.74 Å². The molecule has 2 amide bonds. The van der Waals surface area contributed by atoms with Crippen molar-refractivity contribution in [3.05, 3.63) is 47.3 Å². The number of nitrogens with zero attached hydrogens (tertiary/aromatic N) is 1. The fraction of sp³-hybridized carbons (Fsp3) is 0.263. The van der Waals surface area contributed by atoms with Gasteiger partial charge in [-0.15, -0.1) is 11.3 Å². The number of nitrogens with one attached hydrogen (secondary N) is 2. The van der Waals surface area contributed by atoms with Crippen molar-refractivity contribution in [1.29, 1.82) is 0 Å². The Balaban J connectivity index is 1.80. The Bertz CT molecular complexity index is 916. The quantitative estimate of drug-likeness (QED) is 0.653. The molecule has 0 unspecified atom stereocenters. The Morgan fingerprint density at radius 1 is 1.15 bits per heavy atom. The van der Waals surface area contributed by atoms with Gasteiger partial charge in [-0.2, -0.15) is 0 Å². The molecule has 2 aromatic heterocycles. The first-order chi connectivity index (χ1) is 12.6. The number of thiophene rings is 1. The molecule has 136 valence electrons. The lowest BCUT2D eigenvalue weighted by Crippen LogP contribution is -2.38. The summed E-state index contributed by atoms with van der Waals surface area (Å²) in [6.07, 6.45) is 0. The zero-order chi connectivity index (χ0) is 18.5. The number of hydrogen-bond donors (Lipinski definition) is 2. The van der Waals surface area contributed by atoms with Crippen molar-refractivity contribution in [2.45, 2.75) is 13.5 Å². The molecule has 2 N–H and O–H groups in total. The molecule has 0 atom stereocenters. The highest BCUT2D eigenvalue weighted by Crippen LogP contribution is 2.35. The summed E-state index contributed by atoms with van der Waals surface area (Å²) in [6, 6.07) is 11.8. The van der Waals surface area contributed by atoms with Crippen LogP contribution in [0.3, 0.4) is 0 Å². The van der Waals surface area contributed by atoms with Crippen LogP contribution in [-0.4, -0.2) is 29.7 Å². The largest absolute Gasteiger partial charge is 0.465 e. The van der Waals surface area contributed by atoms with Gasteiger partial charge in [-0.1, -0.05) is 24.3 Å². The number of carbonyl (C=O) groups is 2. The highest BCUT2D eigenvalue weighted by Gasteiger charge is 2.17. The fourth-order valence-electron chi connectivity index (χ4n) is 2.97. The summed E-state index contributed by atoms with van der Waals surface area (Å²) in [7, 11) is 2.03. The van der Waals surface area contributed by atoms with Crippen molar-refractivity contribution in [1.82, 2.24) is 15.2 Å². The molecule has 0 aliphatic rings. The van der Waals surface area contributed by atoms with E-state index in [2.05, 4.69) is 33.4 Å². The second kappa shape index (κ2) is 8.05. The standard InChI is InChI=1S/C19H21N3O3S/c1-3-25-17(23)12-21-19(24)20-11-14-13-7-4-5-8-15(13)22(2)18(14)16-9-6-10-26-16/h4-10H,3,11-12H2,1-2H3,(H2,20,21,24). The van der Waals surface area contributed by atoms with Crippen LogP contribution in [0.1, 0.15) is 12.5 Å². The molecule has 6 nitrogen and oxygen atoms in total. The van der Waals surface area contributed by atoms with Crippen molar-refractivity contribution >= 4 is 34.2 Å². The van der Waals surface area contributed by atoms with E-state index < -0.39 is 12.0 Å². The van der Waals surface area contributed by atoms with Gasteiger partial charge in [0.05, 0.1) is 17.2 Å². The van der Waals surface area contributed by atoms with Gasteiger partial charge < -0.3 is 19.9 Å². The van der Waals surface area contributed by atoms with E-state index in [1.165, 1.54) is 0 Å². The van der Waals surface area contributed by atoms with Gasteiger partial charge in [0.1, 0.15) is 6.54 Å². The van der Waals surface area contributed by atoms with Crippen molar-refractivity contribution < 1.29 is 14.3 Å². The molecule has 0 radical (unpaired) electrons. The van der Waals surface area contributed by atoms with Gasteiger partial charge in [0.2, 0.25) is 0 Å².